The quantitative estimate of drug-likeness (QED) is 0.838. The van der Waals surface area contributed by atoms with Crippen LogP contribution < -0.4 is 5.32 Å². The molecule has 2 atom stereocenters. The lowest BCUT2D eigenvalue weighted by atomic mass is 10.2. The van der Waals surface area contributed by atoms with Crippen molar-refractivity contribution in [2.24, 2.45) is 0 Å². The summed E-state index contributed by atoms with van der Waals surface area (Å²) in [6.07, 6.45) is 0.157. The molecule has 2 heterocycles. The Morgan fingerprint density at radius 2 is 2.33 bits per heavy atom. The van der Waals surface area contributed by atoms with Crippen LogP contribution in [0.5, 0.6) is 0 Å². The van der Waals surface area contributed by atoms with E-state index in [2.05, 4.69) is 15.5 Å². The fourth-order valence-electron chi connectivity index (χ4n) is 2.03. The molecule has 0 aliphatic carbocycles. The van der Waals surface area contributed by atoms with Gasteiger partial charge in [-0.25, -0.2) is 4.39 Å². The van der Waals surface area contributed by atoms with Gasteiger partial charge in [-0.1, -0.05) is 17.3 Å². The minimum Gasteiger partial charge on any atom is -0.392 e. The Labute approximate surface area is 103 Å². The third-order valence-corrected chi connectivity index (χ3v) is 2.93. The fraction of sp³-hybridized carbons (Fsp3) is 0.333. The van der Waals surface area contributed by atoms with E-state index in [4.69, 9.17) is 4.52 Å². The lowest BCUT2D eigenvalue weighted by molar-refractivity contribution is 0.191. The van der Waals surface area contributed by atoms with Crippen LogP contribution in [0.2, 0.25) is 0 Å². The Kier molecular flexibility index (Phi) is 2.81. The zero-order valence-electron chi connectivity index (χ0n) is 9.51. The van der Waals surface area contributed by atoms with Crippen LogP contribution in [0.4, 0.5) is 4.39 Å². The Morgan fingerprint density at radius 3 is 3.06 bits per heavy atom. The van der Waals surface area contributed by atoms with E-state index in [1.165, 1.54) is 12.1 Å². The third kappa shape index (κ3) is 2.12. The summed E-state index contributed by atoms with van der Waals surface area (Å²) in [6, 6.07) is 5.90. The van der Waals surface area contributed by atoms with Gasteiger partial charge in [0.1, 0.15) is 5.82 Å². The van der Waals surface area contributed by atoms with Crippen molar-refractivity contribution in [1.29, 1.82) is 0 Å². The van der Waals surface area contributed by atoms with E-state index in [0.717, 1.165) is 0 Å². The molecule has 0 amide bonds. The zero-order valence-corrected chi connectivity index (χ0v) is 9.51. The minimum atomic E-state index is -0.389. The molecule has 0 saturated carbocycles. The molecule has 18 heavy (non-hydrogen) atoms. The van der Waals surface area contributed by atoms with Crippen molar-refractivity contribution < 1.29 is 14.0 Å². The standard InChI is InChI=1S/C12H12FN3O2/c13-8-3-1-2-7(4-8)11-15-12(18-16-11)10-5-9(17)6-14-10/h1-4,9-10,14,17H,5-6H2/t9-,10-/m0/s1. The van der Waals surface area contributed by atoms with E-state index in [0.29, 0.717) is 30.2 Å². The molecule has 1 aliphatic rings. The number of aromatic nitrogens is 2. The molecule has 0 spiro atoms. The summed E-state index contributed by atoms with van der Waals surface area (Å²) >= 11 is 0. The van der Waals surface area contributed by atoms with E-state index in [1.54, 1.807) is 12.1 Å². The van der Waals surface area contributed by atoms with E-state index in [9.17, 15) is 9.50 Å². The van der Waals surface area contributed by atoms with Crippen LogP contribution in [0.1, 0.15) is 18.4 Å². The highest BCUT2D eigenvalue weighted by Gasteiger charge is 2.28. The molecular formula is C12H12FN3O2. The molecule has 2 aromatic rings. The molecule has 0 radical (unpaired) electrons. The second kappa shape index (κ2) is 4.47. The number of hydrogen-bond donors (Lipinski definition) is 2. The van der Waals surface area contributed by atoms with Gasteiger partial charge in [0.15, 0.2) is 0 Å². The first-order valence-electron chi connectivity index (χ1n) is 5.73. The molecule has 94 valence electrons. The number of aliphatic hydroxyl groups is 1. The number of benzene rings is 1. The second-order valence-corrected chi connectivity index (χ2v) is 4.32. The number of aliphatic hydroxyl groups excluding tert-OH is 1. The van der Waals surface area contributed by atoms with Gasteiger partial charge in [0.25, 0.3) is 0 Å². The van der Waals surface area contributed by atoms with Crippen molar-refractivity contribution in [3.05, 3.63) is 36.0 Å². The first-order valence-corrected chi connectivity index (χ1v) is 5.73. The third-order valence-electron chi connectivity index (χ3n) is 2.93. The molecule has 1 aliphatic heterocycles. The number of nitrogens with zero attached hydrogens (tertiary/aromatic N) is 2. The molecule has 1 fully saturated rings. The number of halogens is 1. The van der Waals surface area contributed by atoms with Gasteiger partial charge in [-0.15, -0.1) is 0 Å². The van der Waals surface area contributed by atoms with E-state index in [-0.39, 0.29) is 18.0 Å². The van der Waals surface area contributed by atoms with Crippen LogP contribution in [0.25, 0.3) is 11.4 Å². The molecule has 5 nitrogen and oxygen atoms in total. The molecule has 1 saturated heterocycles. The first kappa shape index (κ1) is 11.3. The van der Waals surface area contributed by atoms with Gasteiger partial charge in [-0.3, -0.25) is 0 Å². The van der Waals surface area contributed by atoms with Crippen molar-refractivity contribution >= 4 is 0 Å². The van der Waals surface area contributed by atoms with Gasteiger partial charge in [0.05, 0.1) is 12.1 Å². The maximum absolute atomic E-state index is 13.1. The Hall–Kier alpha value is -1.79. The van der Waals surface area contributed by atoms with Crippen LogP contribution in [0.15, 0.2) is 28.8 Å². The molecule has 3 rings (SSSR count). The lowest BCUT2D eigenvalue weighted by Gasteiger charge is -2.01. The van der Waals surface area contributed by atoms with Crippen LogP contribution in [-0.4, -0.2) is 27.9 Å². The SMILES string of the molecule is O[C@@H]1CN[C@H](c2nc(-c3cccc(F)c3)no2)C1. The van der Waals surface area contributed by atoms with Gasteiger partial charge in [-0.05, 0) is 18.6 Å². The number of rotatable bonds is 2. The molecule has 6 heteroatoms. The molecule has 1 aromatic heterocycles. The number of hydrogen-bond acceptors (Lipinski definition) is 5. The van der Waals surface area contributed by atoms with Crippen LogP contribution in [-0.2, 0) is 0 Å². The maximum Gasteiger partial charge on any atom is 0.244 e. The van der Waals surface area contributed by atoms with Crippen LogP contribution in [0.3, 0.4) is 0 Å². The summed E-state index contributed by atoms with van der Waals surface area (Å²) in [5.41, 5.74) is 0.573. The van der Waals surface area contributed by atoms with E-state index < -0.39 is 0 Å². The highest BCUT2D eigenvalue weighted by Crippen LogP contribution is 2.24. The zero-order chi connectivity index (χ0) is 12.5. The van der Waals surface area contributed by atoms with Gasteiger partial charge >= 0.3 is 0 Å². The average Bonchev–Trinajstić information content (AvgIpc) is 2.97. The smallest absolute Gasteiger partial charge is 0.244 e. The molecule has 2 N–H and O–H groups in total. The predicted octanol–water partition coefficient (Wildman–Crippen LogP) is 1.27. The summed E-state index contributed by atoms with van der Waals surface area (Å²) in [5, 5.41) is 16.3. The van der Waals surface area contributed by atoms with Crippen molar-refractivity contribution in [2.45, 2.75) is 18.6 Å². The van der Waals surface area contributed by atoms with Gasteiger partial charge in [0.2, 0.25) is 11.7 Å². The van der Waals surface area contributed by atoms with Gasteiger partial charge < -0.3 is 14.9 Å². The van der Waals surface area contributed by atoms with Gasteiger partial charge in [-0.2, -0.15) is 4.98 Å². The largest absolute Gasteiger partial charge is 0.392 e. The first-order chi connectivity index (χ1) is 8.72. The number of β-amino-alcohol motifs (C(OH)–C–C–N with tert-alkyl or cyclic N) is 1. The molecule has 0 bridgehead atoms. The topological polar surface area (TPSA) is 71.2 Å². The van der Waals surface area contributed by atoms with Gasteiger partial charge in [0, 0.05) is 12.1 Å². The summed E-state index contributed by atoms with van der Waals surface area (Å²) in [6.45, 7) is 0.516. The molecular weight excluding hydrogens is 237 g/mol. The summed E-state index contributed by atoms with van der Waals surface area (Å²) < 4.78 is 18.2. The monoisotopic (exact) mass is 249 g/mol. The highest BCUT2D eigenvalue weighted by atomic mass is 19.1. The van der Waals surface area contributed by atoms with Crippen molar-refractivity contribution in [1.82, 2.24) is 15.5 Å². The maximum atomic E-state index is 13.1. The lowest BCUT2D eigenvalue weighted by Crippen LogP contribution is -2.15. The number of nitrogens with one attached hydrogen (secondary N) is 1. The normalized spacial score (nSPS) is 23.4. The second-order valence-electron chi connectivity index (χ2n) is 4.32. The van der Waals surface area contributed by atoms with E-state index >= 15 is 0 Å². The van der Waals surface area contributed by atoms with Crippen LogP contribution in [0, 0.1) is 5.82 Å². The van der Waals surface area contributed by atoms with Crippen LogP contribution >= 0.6 is 0 Å². The molecule has 0 unspecified atom stereocenters. The summed E-state index contributed by atoms with van der Waals surface area (Å²) in [7, 11) is 0. The van der Waals surface area contributed by atoms with E-state index in [1.807, 2.05) is 0 Å². The summed E-state index contributed by atoms with van der Waals surface area (Å²) in [5.74, 6) is 0.437. The molecule has 1 aromatic carbocycles. The average molecular weight is 249 g/mol. The predicted molar refractivity (Wildman–Crippen MR) is 61.1 cm³/mol. The Bertz CT molecular complexity index is 558. The Morgan fingerprint density at radius 1 is 1.44 bits per heavy atom. The highest BCUT2D eigenvalue weighted by molar-refractivity contribution is 5.53. The minimum absolute atomic E-state index is 0.130. The van der Waals surface area contributed by atoms with Crippen molar-refractivity contribution in [3.63, 3.8) is 0 Å². The summed E-state index contributed by atoms with van der Waals surface area (Å²) in [4.78, 5) is 4.22. The van der Waals surface area contributed by atoms with Crippen molar-refractivity contribution in [2.75, 3.05) is 6.54 Å². The van der Waals surface area contributed by atoms with Crippen molar-refractivity contribution in [3.8, 4) is 11.4 Å². The fourth-order valence-corrected chi connectivity index (χ4v) is 2.03. The Balaban J connectivity index is 1.85.